The van der Waals surface area contributed by atoms with E-state index in [9.17, 15) is 8.42 Å². The Kier molecular flexibility index (Phi) is 5.37. The van der Waals surface area contributed by atoms with E-state index in [1.54, 1.807) is 0 Å². The van der Waals surface area contributed by atoms with Crippen molar-refractivity contribution < 1.29 is 13.2 Å². The van der Waals surface area contributed by atoms with Crippen molar-refractivity contribution >= 4 is 9.84 Å². The lowest BCUT2D eigenvalue weighted by Crippen LogP contribution is -2.61. The van der Waals surface area contributed by atoms with Gasteiger partial charge in [-0.05, 0) is 37.6 Å². The average Bonchev–Trinajstić information content (AvgIpc) is 2.38. The van der Waals surface area contributed by atoms with E-state index in [1.165, 1.54) is 0 Å². The lowest BCUT2D eigenvalue weighted by molar-refractivity contribution is -0.124. The van der Waals surface area contributed by atoms with Crippen molar-refractivity contribution in [2.24, 2.45) is 17.3 Å². The highest BCUT2D eigenvalue weighted by Crippen LogP contribution is 2.43. The molecule has 0 spiro atoms. The van der Waals surface area contributed by atoms with Crippen LogP contribution in [-0.2, 0) is 14.6 Å². The Bertz CT molecular complexity index is 430. The highest BCUT2D eigenvalue weighted by atomic mass is 32.2. The topological polar surface area (TPSA) is 55.4 Å². The molecule has 1 saturated carbocycles. The predicted octanol–water partition coefficient (Wildman–Crippen LogP) is 2.24. The molecule has 1 aliphatic carbocycles. The molecular weight excluding hydrogens is 286 g/mol. The molecule has 4 nitrogen and oxygen atoms in total. The van der Waals surface area contributed by atoms with E-state index in [4.69, 9.17) is 4.74 Å². The van der Waals surface area contributed by atoms with Gasteiger partial charge in [-0.3, -0.25) is 0 Å². The smallest absolute Gasteiger partial charge is 0.150 e. The van der Waals surface area contributed by atoms with Gasteiger partial charge in [-0.1, -0.05) is 27.7 Å². The third kappa shape index (κ3) is 4.42. The molecule has 2 fully saturated rings. The molecule has 2 atom stereocenters. The highest BCUT2D eigenvalue weighted by Gasteiger charge is 2.48. The Balaban J connectivity index is 1.71. The first kappa shape index (κ1) is 17.2. The average molecular weight is 317 g/mol. The van der Waals surface area contributed by atoms with Gasteiger partial charge in [0.1, 0.15) is 9.84 Å². The molecule has 0 radical (unpaired) electrons. The minimum absolute atomic E-state index is 0.176. The van der Waals surface area contributed by atoms with Crippen LogP contribution in [0.1, 0.15) is 47.0 Å². The Morgan fingerprint density at radius 2 is 1.86 bits per heavy atom. The monoisotopic (exact) mass is 317 g/mol. The molecule has 0 aromatic rings. The molecule has 1 saturated heterocycles. The summed E-state index contributed by atoms with van der Waals surface area (Å²) >= 11 is 0. The molecule has 2 aliphatic rings. The van der Waals surface area contributed by atoms with Crippen LogP contribution in [0.3, 0.4) is 0 Å². The van der Waals surface area contributed by atoms with Crippen LogP contribution < -0.4 is 5.32 Å². The number of hydrogen-bond acceptors (Lipinski definition) is 4. The summed E-state index contributed by atoms with van der Waals surface area (Å²) in [6, 6.07) is 0.494. The summed E-state index contributed by atoms with van der Waals surface area (Å²) in [6.07, 6.45) is 3.06. The number of rotatable bonds is 6. The van der Waals surface area contributed by atoms with Crippen molar-refractivity contribution in [1.29, 1.82) is 0 Å². The van der Waals surface area contributed by atoms with Gasteiger partial charge in [0.05, 0.1) is 17.6 Å². The SMILES string of the molecule is CC(C)CO[C@@H]1C[C@@H](NCC2CCS(=O)(=O)CC2)C1(C)C. The van der Waals surface area contributed by atoms with E-state index < -0.39 is 9.84 Å². The Morgan fingerprint density at radius 1 is 1.24 bits per heavy atom. The van der Waals surface area contributed by atoms with Crippen LogP contribution in [0.4, 0.5) is 0 Å². The lowest BCUT2D eigenvalue weighted by atomic mass is 9.64. The van der Waals surface area contributed by atoms with Crippen molar-refractivity contribution in [2.75, 3.05) is 24.7 Å². The molecular formula is C16H31NO3S. The largest absolute Gasteiger partial charge is 0.377 e. The van der Waals surface area contributed by atoms with Crippen molar-refractivity contribution in [1.82, 2.24) is 5.32 Å². The van der Waals surface area contributed by atoms with Gasteiger partial charge in [-0.2, -0.15) is 0 Å². The molecule has 0 unspecified atom stereocenters. The van der Waals surface area contributed by atoms with E-state index in [0.29, 0.717) is 35.5 Å². The van der Waals surface area contributed by atoms with Crippen LogP contribution in [0, 0.1) is 17.3 Å². The fraction of sp³-hybridized carbons (Fsp3) is 1.00. The highest BCUT2D eigenvalue weighted by molar-refractivity contribution is 7.91. The maximum Gasteiger partial charge on any atom is 0.150 e. The maximum absolute atomic E-state index is 11.4. The van der Waals surface area contributed by atoms with Gasteiger partial charge in [0.25, 0.3) is 0 Å². The van der Waals surface area contributed by atoms with Crippen molar-refractivity contribution in [3.8, 4) is 0 Å². The van der Waals surface area contributed by atoms with Crippen LogP contribution >= 0.6 is 0 Å². The van der Waals surface area contributed by atoms with Gasteiger partial charge in [-0.25, -0.2) is 8.42 Å². The quantitative estimate of drug-likeness (QED) is 0.816. The van der Waals surface area contributed by atoms with Crippen LogP contribution in [0.2, 0.25) is 0 Å². The zero-order chi connectivity index (χ0) is 15.7. The molecule has 1 aliphatic heterocycles. The van der Waals surface area contributed by atoms with Crippen LogP contribution in [-0.4, -0.2) is 45.2 Å². The molecule has 124 valence electrons. The fourth-order valence-electron chi connectivity index (χ4n) is 3.28. The van der Waals surface area contributed by atoms with Gasteiger partial charge < -0.3 is 10.1 Å². The van der Waals surface area contributed by atoms with Crippen LogP contribution in [0.25, 0.3) is 0 Å². The second kappa shape index (κ2) is 6.55. The van der Waals surface area contributed by atoms with Gasteiger partial charge in [-0.15, -0.1) is 0 Å². The van der Waals surface area contributed by atoms with E-state index >= 15 is 0 Å². The molecule has 0 bridgehead atoms. The third-order valence-electron chi connectivity index (χ3n) is 5.14. The summed E-state index contributed by atoms with van der Waals surface area (Å²) in [4.78, 5) is 0. The fourth-order valence-corrected chi connectivity index (χ4v) is 4.86. The Labute approximate surface area is 129 Å². The van der Waals surface area contributed by atoms with E-state index in [1.807, 2.05) is 0 Å². The van der Waals surface area contributed by atoms with Gasteiger partial charge in [0.2, 0.25) is 0 Å². The maximum atomic E-state index is 11.4. The molecule has 0 aromatic heterocycles. The van der Waals surface area contributed by atoms with Crippen molar-refractivity contribution in [2.45, 2.75) is 59.1 Å². The minimum atomic E-state index is -2.74. The van der Waals surface area contributed by atoms with Crippen molar-refractivity contribution in [3.63, 3.8) is 0 Å². The summed E-state index contributed by atoms with van der Waals surface area (Å²) in [5, 5.41) is 3.65. The van der Waals surface area contributed by atoms with Crippen LogP contribution in [0.15, 0.2) is 0 Å². The zero-order valence-electron chi connectivity index (χ0n) is 13.9. The Hall–Kier alpha value is -0.130. The lowest BCUT2D eigenvalue weighted by Gasteiger charge is -2.52. The molecule has 5 heteroatoms. The number of sulfone groups is 1. The third-order valence-corrected chi connectivity index (χ3v) is 6.85. The summed E-state index contributed by atoms with van der Waals surface area (Å²) < 4.78 is 28.9. The van der Waals surface area contributed by atoms with E-state index in [0.717, 1.165) is 32.4 Å². The van der Waals surface area contributed by atoms with Gasteiger partial charge in [0, 0.05) is 18.1 Å². The normalized spacial score (nSPS) is 32.0. The first-order valence-electron chi connectivity index (χ1n) is 8.26. The minimum Gasteiger partial charge on any atom is -0.377 e. The standard InChI is InChI=1S/C16H31NO3S/c1-12(2)11-20-15-9-14(16(15,3)4)17-10-13-5-7-21(18,19)8-6-13/h12-15,17H,5-11H2,1-4H3/t14-,15-/m1/s1. The second-order valence-corrected chi connectivity index (χ2v) is 10.1. The predicted molar refractivity (Wildman–Crippen MR) is 86.1 cm³/mol. The molecule has 0 aromatic carbocycles. The van der Waals surface area contributed by atoms with Crippen LogP contribution in [0.5, 0.6) is 0 Å². The van der Waals surface area contributed by atoms with E-state index in [2.05, 4.69) is 33.0 Å². The van der Waals surface area contributed by atoms with Gasteiger partial charge in [0.15, 0.2) is 0 Å². The molecule has 2 rings (SSSR count). The first-order valence-corrected chi connectivity index (χ1v) is 10.1. The summed E-state index contributed by atoms with van der Waals surface area (Å²) in [5.74, 6) is 1.83. The van der Waals surface area contributed by atoms with Gasteiger partial charge >= 0.3 is 0 Å². The number of nitrogens with one attached hydrogen (secondary N) is 1. The molecule has 1 heterocycles. The zero-order valence-corrected chi connectivity index (χ0v) is 14.7. The molecule has 1 N–H and O–H groups in total. The van der Waals surface area contributed by atoms with Crippen molar-refractivity contribution in [3.05, 3.63) is 0 Å². The summed E-state index contributed by atoms with van der Waals surface area (Å²) in [5.41, 5.74) is 0.176. The molecule has 0 amide bonds. The van der Waals surface area contributed by atoms with E-state index in [-0.39, 0.29) is 5.41 Å². The Morgan fingerprint density at radius 3 is 2.38 bits per heavy atom. The molecule has 21 heavy (non-hydrogen) atoms. The summed E-state index contributed by atoms with van der Waals surface area (Å²) in [6.45, 7) is 10.7. The summed E-state index contributed by atoms with van der Waals surface area (Å²) in [7, 11) is -2.74. The number of hydrogen-bond donors (Lipinski definition) is 1. The second-order valence-electron chi connectivity index (χ2n) is 7.83. The number of ether oxygens (including phenoxy) is 1. The first-order chi connectivity index (χ1) is 9.71.